The molecule has 6 heteroatoms. The summed E-state index contributed by atoms with van der Waals surface area (Å²) < 4.78 is 18.8. The molecule has 0 spiro atoms. The van der Waals surface area contributed by atoms with Crippen molar-refractivity contribution in [1.82, 2.24) is 0 Å². The number of carbonyl (C=O) groups excluding carboxylic acids is 1. The SMILES string of the molecule is CCCCC[C@H](O)CC[C@@H]1[C@H]2Cc3cccc(OCC(=O)OCc4ccccc4)c3C[C@H]2C[C@H]1O[Si](CC)(CC)CC. The zero-order chi connectivity index (χ0) is 30.0. The zero-order valence-corrected chi connectivity index (χ0v) is 27.5. The number of unbranched alkanes of at least 4 members (excludes halogenated alkanes) is 2. The number of aliphatic hydroxyl groups is 1. The van der Waals surface area contributed by atoms with Crippen LogP contribution in [0.3, 0.4) is 0 Å². The van der Waals surface area contributed by atoms with Gasteiger partial charge in [0.2, 0.25) is 0 Å². The van der Waals surface area contributed by atoms with Gasteiger partial charge < -0.3 is 19.0 Å². The maximum absolute atomic E-state index is 12.5. The maximum Gasteiger partial charge on any atom is 0.344 e. The number of fused-ring (bicyclic) bond motifs is 2. The smallest absolute Gasteiger partial charge is 0.344 e. The molecule has 2 aliphatic carbocycles. The van der Waals surface area contributed by atoms with Crippen LogP contribution in [-0.4, -0.2) is 38.2 Å². The highest BCUT2D eigenvalue weighted by Crippen LogP contribution is 2.50. The average Bonchev–Trinajstić information content (AvgIpc) is 3.35. The highest BCUT2D eigenvalue weighted by molar-refractivity contribution is 6.73. The van der Waals surface area contributed by atoms with E-state index >= 15 is 0 Å². The summed E-state index contributed by atoms with van der Waals surface area (Å²) in [6.07, 6.45) is 9.46. The summed E-state index contributed by atoms with van der Waals surface area (Å²) in [5.41, 5.74) is 3.56. The highest BCUT2D eigenvalue weighted by Gasteiger charge is 2.48. The molecule has 4 rings (SSSR count). The number of hydrogen-bond donors (Lipinski definition) is 1. The Balaban J connectivity index is 1.44. The summed E-state index contributed by atoms with van der Waals surface area (Å²) >= 11 is 0. The van der Waals surface area contributed by atoms with Gasteiger partial charge in [-0.3, -0.25) is 0 Å². The van der Waals surface area contributed by atoms with Gasteiger partial charge in [0.1, 0.15) is 12.4 Å². The van der Waals surface area contributed by atoms with E-state index in [-0.39, 0.29) is 31.4 Å². The lowest BCUT2D eigenvalue weighted by molar-refractivity contribution is -0.147. The Morgan fingerprint density at radius 2 is 1.71 bits per heavy atom. The fraction of sp³-hybridized carbons (Fsp3) is 0.639. The topological polar surface area (TPSA) is 65.0 Å². The van der Waals surface area contributed by atoms with Crippen molar-refractivity contribution in [1.29, 1.82) is 0 Å². The van der Waals surface area contributed by atoms with Crippen molar-refractivity contribution < 1.29 is 23.8 Å². The van der Waals surface area contributed by atoms with Crippen LogP contribution in [0.5, 0.6) is 5.75 Å². The van der Waals surface area contributed by atoms with Crippen LogP contribution >= 0.6 is 0 Å². The first kappa shape index (κ1) is 32.8. The molecule has 1 saturated carbocycles. The monoisotopic (exact) mass is 594 g/mol. The molecule has 0 radical (unpaired) electrons. The van der Waals surface area contributed by atoms with Crippen molar-refractivity contribution >= 4 is 14.3 Å². The van der Waals surface area contributed by atoms with E-state index < -0.39 is 8.32 Å². The van der Waals surface area contributed by atoms with Gasteiger partial charge in [0.05, 0.1) is 6.10 Å². The molecule has 5 nitrogen and oxygen atoms in total. The van der Waals surface area contributed by atoms with Gasteiger partial charge in [-0.15, -0.1) is 0 Å². The third-order valence-corrected chi connectivity index (χ3v) is 14.9. The third-order valence-electron chi connectivity index (χ3n) is 10.2. The van der Waals surface area contributed by atoms with Crippen molar-refractivity contribution in [2.24, 2.45) is 17.8 Å². The lowest BCUT2D eigenvalue weighted by Gasteiger charge is -2.36. The fourth-order valence-electron chi connectivity index (χ4n) is 7.44. The lowest BCUT2D eigenvalue weighted by atomic mass is 9.73. The Morgan fingerprint density at radius 1 is 0.952 bits per heavy atom. The van der Waals surface area contributed by atoms with Crippen LogP contribution in [0.15, 0.2) is 48.5 Å². The molecule has 42 heavy (non-hydrogen) atoms. The molecular formula is C36H54O5Si. The zero-order valence-electron chi connectivity index (χ0n) is 26.5. The summed E-state index contributed by atoms with van der Waals surface area (Å²) in [6.45, 7) is 9.34. The van der Waals surface area contributed by atoms with Gasteiger partial charge >= 0.3 is 5.97 Å². The van der Waals surface area contributed by atoms with E-state index in [1.165, 1.54) is 24.0 Å². The Hall–Kier alpha value is -2.15. The number of esters is 1. The van der Waals surface area contributed by atoms with Crippen molar-refractivity contribution in [3.63, 3.8) is 0 Å². The molecule has 0 aromatic heterocycles. The van der Waals surface area contributed by atoms with Crippen molar-refractivity contribution in [3.8, 4) is 5.75 Å². The number of aliphatic hydroxyl groups excluding tert-OH is 1. The first-order chi connectivity index (χ1) is 20.4. The summed E-state index contributed by atoms with van der Waals surface area (Å²) in [6, 6.07) is 19.5. The number of rotatable bonds is 17. The van der Waals surface area contributed by atoms with Crippen molar-refractivity contribution in [3.05, 3.63) is 65.2 Å². The molecule has 2 aromatic rings. The van der Waals surface area contributed by atoms with Gasteiger partial charge in [0.25, 0.3) is 0 Å². The van der Waals surface area contributed by atoms with Crippen LogP contribution in [0.4, 0.5) is 0 Å². The predicted molar refractivity (Wildman–Crippen MR) is 172 cm³/mol. The molecule has 0 saturated heterocycles. The Kier molecular flexibility index (Phi) is 12.5. The van der Waals surface area contributed by atoms with Gasteiger partial charge in [0, 0.05) is 6.10 Å². The molecule has 232 valence electrons. The molecule has 1 N–H and O–H groups in total. The molecule has 0 bridgehead atoms. The lowest BCUT2D eigenvalue weighted by Crippen LogP contribution is -2.42. The van der Waals surface area contributed by atoms with Gasteiger partial charge in [-0.25, -0.2) is 4.79 Å². The second kappa shape index (κ2) is 16.1. The van der Waals surface area contributed by atoms with Gasteiger partial charge in [-0.2, -0.15) is 0 Å². The number of ether oxygens (including phenoxy) is 2. The molecular weight excluding hydrogens is 540 g/mol. The third kappa shape index (κ3) is 8.48. The van der Waals surface area contributed by atoms with Gasteiger partial charge in [-0.05, 0) is 97.2 Å². The van der Waals surface area contributed by atoms with E-state index in [9.17, 15) is 9.90 Å². The first-order valence-electron chi connectivity index (χ1n) is 16.7. The summed E-state index contributed by atoms with van der Waals surface area (Å²) in [5.74, 6) is 2.05. The van der Waals surface area contributed by atoms with Crippen LogP contribution < -0.4 is 4.74 Å². The average molecular weight is 595 g/mol. The van der Waals surface area contributed by atoms with E-state index in [1.807, 2.05) is 36.4 Å². The fourth-order valence-corrected chi connectivity index (χ4v) is 10.4. The summed E-state index contributed by atoms with van der Waals surface area (Å²) in [7, 11) is -1.76. The van der Waals surface area contributed by atoms with Crippen LogP contribution in [0.2, 0.25) is 18.1 Å². The minimum atomic E-state index is -1.76. The molecule has 0 amide bonds. The van der Waals surface area contributed by atoms with Gasteiger partial charge in [0.15, 0.2) is 14.9 Å². The van der Waals surface area contributed by atoms with Crippen molar-refractivity contribution in [2.75, 3.05) is 6.61 Å². The van der Waals surface area contributed by atoms with E-state index in [4.69, 9.17) is 13.9 Å². The minimum absolute atomic E-state index is 0.0840. The number of hydrogen-bond acceptors (Lipinski definition) is 5. The molecule has 2 aromatic carbocycles. The van der Waals surface area contributed by atoms with E-state index in [0.29, 0.717) is 17.8 Å². The molecule has 0 heterocycles. The maximum atomic E-state index is 12.5. The number of carbonyl (C=O) groups is 1. The first-order valence-corrected chi connectivity index (χ1v) is 19.2. The standard InChI is InChI=1S/C36H54O5Si/c1-5-9-11-18-30(37)20-21-31-32-22-28-17-14-19-34(39-26-36(38)40-25-27-15-12-10-13-16-27)33(28)23-29(32)24-35(31)41-42(6-2,7-3)8-4/h10,12-17,19,29-32,35,37H,5-9,11,18,20-26H2,1-4H3/t29-,30-,31+,32-,35+/m0/s1. The second-order valence-corrected chi connectivity index (χ2v) is 17.4. The predicted octanol–water partition coefficient (Wildman–Crippen LogP) is 8.27. The van der Waals surface area contributed by atoms with E-state index in [0.717, 1.165) is 74.4 Å². The Bertz CT molecular complexity index is 1090. The molecule has 0 aliphatic heterocycles. The Labute approximate surface area is 255 Å². The van der Waals surface area contributed by atoms with Crippen LogP contribution in [0, 0.1) is 17.8 Å². The summed E-state index contributed by atoms with van der Waals surface area (Å²) in [4.78, 5) is 12.5. The Morgan fingerprint density at radius 3 is 2.43 bits per heavy atom. The largest absolute Gasteiger partial charge is 0.482 e. The van der Waals surface area contributed by atoms with Crippen LogP contribution in [0.1, 0.15) is 89.3 Å². The van der Waals surface area contributed by atoms with Crippen LogP contribution in [0.25, 0.3) is 0 Å². The molecule has 2 aliphatic rings. The quantitative estimate of drug-likeness (QED) is 0.113. The van der Waals surface area contributed by atoms with Crippen molar-refractivity contribution in [2.45, 2.75) is 122 Å². The van der Waals surface area contributed by atoms with Gasteiger partial charge in [-0.1, -0.05) is 89.4 Å². The molecule has 1 fully saturated rings. The van der Waals surface area contributed by atoms with E-state index in [2.05, 4.69) is 39.8 Å². The normalized spacial score (nSPS) is 22.3. The molecule has 5 atom stereocenters. The van der Waals surface area contributed by atoms with E-state index in [1.54, 1.807) is 0 Å². The minimum Gasteiger partial charge on any atom is -0.482 e. The molecule has 0 unspecified atom stereocenters. The van der Waals surface area contributed by atoms with Crippen LogP contribution in [-0.2, 0) is 33.4 Å². The summed E-state index contributed by atoms with van der Waals surface area (Å²) in [5, 5.41) is 10.8. The highest BCUT2D eigenvalue weighted by atomic mass is 28.4. The number of benzene rings is 2. The second-order valence-electron chi connectivity index (χ2n) is 12.7.